The predicted octanol–water partition coefficient (Wildman–Crippen LogP) is 4.05. The smallest absolute Gasteiger partial charge is 0.255 e. The zero-order chi connectivity index (χ0) is 21.5. The highest BCUT2D eigenvalue weighted by atomic mass is 19.1. The first-order valence-corrected chi connectivity index (χ1v) is 9.78. The number of carbonyl (C=O) groups is 2. The van der Waals surface area contributed by atoms with Crippen molar-refractivity contribution < 1.29 is 27.8 Å². The highest BCUT2D eigenvalue weighted by Crippen LogP contribution is 2.20. The summed E-state index contributed by atoms with van der Waals surface area (Å²) in [5.74, 6) is -2.39. The SMILES string of the molecule is Cc1ccc(C(=O)Nc2cc(F)ccc2F)cc1NC(=O)COCC1CCCCO1. The van der Waals surface area contributed by atoms with Gasteiger partial charge in [-0.1, -0.05) is 6.07 Å². The number of ether oxygens (including phenoxy) is 2. The van der Waals surface area contributed by atoms with Crippen LogP contribution in [0.4, 0.5) is 20.2 Å². The van der Waals surface area contributed by atoms with E-state index in [2.05, 4.69) is 10.6 Å². The zero-order valence-corrected chi connectivity index (χ0v) is 16.7. The Bertz CT molecular complexity index is 914. The summed E-state index contributed by atoms with van der Waals surface area (Å²) in [4.78, 5) is 24.6. The second-order valence-corrected chi connectivity index (χ2v) is 7.16. The Hall–Kier alpha value is -2.84. The molecule has 2 N–H and O–H groups in total. The number of hydrogen-bond acceptors (Lipinski definition) is 4. The number of anilines is 2. The van der Waals surface area contributed by atoms with Gasteiger partial charge in [0.15, 0.2) is 0 Å². The zero-order valence-electron chi connectivity index (χ0n) is 16.7. The molecule has 1 aliphatic rings. The number of halogens is 2. The molecule has 160 valence electrons. The lowest BCUT2D eigenvalue weighted by atomic mass is 10.1. The van der Waals surface area contributed by atoms with Gasteiger partial charge >= 0.3 is 0 Å². The molecule has 1 atom stereocenters. The van der Waals surface area contributed by atoms with E-state index in [1.54, 1.807) is 13.0 Å². The first kappa shape index (κ1) is 21.9. The van der Waals surface area contributed by atoms with Crippen LogP contribution in [0.25, 0.3) is 0 Å². The first-order valence-electron chi connectivity index (χ1n) is 9.78. The molecule has 3 rings (SSSR count). The van der Waals surface area contributed by atoms with Gasteiger partial charge in [0.2, 0.25) is 5.91 Å². The summed E-state index contributed by atoms with van der Waals surface area (Å²) >= 11 is 0. The van der Waals surface area contributed by atoms with E-state index in [0.29, 0.717) is 18.9 Å². The maximum atomic E-state index is 13.8. The van der Waals surface area contributed by atoms with Crippen LogP contribution in [0.15, 0.2) is 36.4 Å². The highest BCUT2D eigenvalue weighted by molar-refractivity contribution is 6.05. The summed E-state index contributed by atoms with van der Waals surface area (Å²) in [5.41, 5.74) is 1.11. The van der Waals surface area contributed by atoms with Crippen molar-refractivity contribution in [2.75, 3.05) is 30.5 Å². The molecule has 1 heterocycles. The number of carbonyl (C=O) groups excluding carboxylic acids is 2. The fourth-order valence-corrected chi connectivity index (χ4v) is 3.09. The number of benzene rings is 2. The van der Waals surface area contributed by atoms with E-state index in [4.69, 9.17) is 9.47 Å². The molecule has 1 fully saturated rings. The Balaban J connectivity index is 1.58. The Kier molecular flexibility index (Phi) is 7.48. The van der Waals surface area contributed by atoms with Crippen LogP contribution >= 0.6 is 0 Å². The third-order valence-corrected chi connectivity index (χ3v) is 4.76. The van der Waals surface area contributed by atoms with Crippen molar-refractivity contribution in [3.05, 3.63) is 59.2 Å². The van der Waals surface area contributed by atoms with Crippen molar-refractivity contribution in [3.63, 3.8) is 0 Å². The summed E-state index contributed by atoms with van der Waals surface area (Å²) in [6, 6.07) is 7.47. The highest BCUT2D eigenvalue weighted by Gasteiger charge is 2.16. The molecule has 0 aliphatic carbocycles. The molecule has 1 aliphatic heterocycles. The third kappa shape index (κ3) is 6.08. The van der Waals surface area contributed by atoms with E-state index in [9.17, 15) is 18.4 Å². The predicted molar refractivity (Wildman–Crippen MR) is 109 cm³/mol. The van der Waals surface area contributed by atoms with E-state index >= 15 is 0 Å². The molecular formula is C22H24F2N2O4. The second kappa shape index (κ2) is 10.3. The maximum absolute atomic E-state index is 13.8. The fraction of sp³-hybridized carbons (Fsp3) is 0.364. The molecule has 0 aromatic heterocycles. The number of hydrogen-bond donors (Lipinski definition) is 2. The van der Waals surface area contributed by atoms with Gasteiger partial charge in [0.25, 0.3) is 5.91 Å². The van der Waals surface area contributed by atoms with Crippen molar-refractivity contribution in [3.8, 4) is 0 Å². The van der Waals surface area contributed by atoms with Gasteiger partial charge in [-0.05, 0) is 56.0 Å². The summed E-state index contributed by atoms with van der Waals surface area (Å²) < 4.78 is 38.0. The van der Waals surface area contributed by atoms with Gasteiger partial charge in [0.05, 0.1) is 18.4 Å². The van der Waals surface area contributed by atoms with Gasteiger partial charge in [0.1, 0.15) is 18.2 Å². The lowest BCUT2D eigenvalue weighted by molar-refractivity contribution is -0.122. The lowest BCUT2D eigenvalue weighted by Crippen LogP contribution is -2.27. The van der Waals surface area contributed by atoms with Crippen molar-refractivity contribution in [1.82, 2.24) is 0 Å². The van der Waals surface area contributed by atoms with Crippen LogP contribution < -0.4 is 10.6 Å². The van der Waals surface area contributed by atoms with Crippen LogP contribution in [0.1, 0.15) is 35.2 Å². The number of aryl methyl sites for hydroxylation is 1. The third-order valence-electron chi connectivity index (χ3n) is 4.76. The molecule has 0 saturated carbocycles. The largest absolute Gasteiger partial charge is 0.376 e. The van der Waals surface area contributed by atoms with Gasteiger partial charge < -0.3 is 20.1 Å². The van der Waals surface area contributed by atoms with Gasteiger partial charge in [-0.15, -0.1) is 0 Å². The molecule has 30 heavy (non-hydrogen) atoms. The van der Waals surface area contributed by atoms with Crippen molar-refractivity contribution in [2.24, 2.45) is 0 Å². The number of nitrogens with one attached hydrogen (secondary N) is 2. The van der Waals surface area contributed by atoms with Crippen LogP contribution in [0.2, 0.25) is 0 Å². The second-order valence-electron chi connectivity index (χ2n) is 7.16. The average molecular weight is 418 g/mol. The normalized spacial score (nSPS) is 16.2. The molecule has 8 heteroatoms. The maximum Gasteiger partial charge on any atom is 0.255 e. The summed E-state index contributed by atoms with van der Waals surface area (Å²) in [5, 5.41) is 5.04. The van der Waals surface area contributed by atoms with Crippen molar-refractivity contribution >= 4 is 23.2 Å². The van der Waals surface area contributed by atoms with Crippen LogP contribution in [0.5, 0.6) is 0 Å². The summed E-state index contributed by atoms with van der Waals surface area (Å²) in [7, 11) is 0. The molecular weight excluding hydrogens is 394 g/mol. The van der Waals surface area contributed by atoms with Crippen molar-refractivity contribution in [1.29, 1.82) is 0 Å². The fourth-order valence-electron chi connectivity index (χ4n) is 3.09. The van der Waals surface area contributed by atoms with Gasteiger partial charge in [-0.25, -0.2) is 8.78 Å². The molecule has 0 radical (unpaired) electrons. The topological polar surface area (TPSA) is 76.7 Å². The minimum Gasteiger partial charge on any atom is -0.376 e. The Morgan fingerprint density at radius 2 is 1.93 bits per heavy atom. The summed E-state index contributed by atoms with van der Waals surface area (Å²) in [6.45, 7) is 2.71. The Morgan fingerprint density at radius 3 is 2.70 bits per heavy atom. The molecule has 0 spiro atoms. The van der Waals surface area contributed by atoms with E-state index in [1.165, 1.54) is 12.1 Å². The van der Waals surface area contributed by atoms with Crippen LogP contribution in [0, 0.1) is 18.6 Å². The molecule has 1 unspecified atom stereocenters. The molecule has 0 bridgehead atoms. The first-order chi connectivity index (χ1) is 14.4. The standard InChI is InChI=1S/C22H24F2N2O4/c1-14-5-6-15(22(28)26-20-11-16(23)7-8-18(20)24)10-19(14)25-21(27)13-29-12-17-4-2-3-9-30-17/h5-8,10-11,17H,2-4,9,12-13H2,1H3,(H,25,27)(H,26,28). The van der Waals surface area contributed by atoms with Gasteiger partial charge in [-0.2, -0.15) is 0 Å². The number of rotatable bonds is 7. The quantitative estimate of drug-likeness (QED) is 0.711. The van der Waals surface area contributed by atoms with E-state index < -0.39 is 17.5 Å². The molecule has 1 saturated heterocycles. The van der Waals surface area contributed by atoms with Crippen molar-refractivity contribution in [2.45, 2.75) is 32.3 Å². The van der Waals surface area contributed by atoms with Crippen LogP contribution in [-0.4, -0.2) is 37.7 Å². The molecule has 2 amide bonds. The number of amides is 2. The monoisotopic (exact) mass is 418 g/mol. The van der Waals surface area contributed by atoms with Gasteiger partial charge in [0, 0.05) is 23.9 Å². The summed E-state index contributed by atoms with van der Waals surface area (Å²) in [6.07, 6.45) is 3.08. The Labute approximate surface area is 173 Å². The van der Waals surface area contributed by atoms with E-state index in [0.717, 1.165) is 43.0 Å². The van der Waals surface area contributed by atoms with E-state index in [1.807, 2.05) is 0 Å². The molecule has 6 nitrogen and oxygen atoms in total. The van der Waals surface area contributed by atoms with E-state index in [-0.39, 0.29) is 29.9 Å². The minimum absolute atomic E-state index is 0.0172. The minimum atomic E-state index is -0.746. The Morgan fingerprint density at radius 1 is 1.10 bits per heavy atom. The van der Waals surface area contributed by atoms with Crippen LogP contribution in [-0.2, 0) is 14.3 Å². The molecule has 2 aromatic carbocycles. The van der Waals surface area contributed by atoms with Gasteiger partial charge in [-0.3, -0.25) is 9.59 Å². The van der Waals surface area contributed by atoms with Crippen LogP contribution in [0.3, 0.4) is 0 Å². The molecule has 2 aromatic rings. The average Bonchev–Trinajstić information content (AvgIpc) is 2.73. The lowest BCUT2D eigenvalue weighted by Gasteiger charge is -2.22.